The van der Waals surface area contributed by atoms with Crippen LogP contribution in [0.2, 0.25) is 0 Å². The summed E-state index contributed by atoms with van der Waals surface area (Å²) in [5.41, 5.74) is 1.51. The summed E-state index contributed by atoms with van der Waals surface area (Å²) < 4.78 is 0. The van der Waals surface area contributed by atoms with E-state index in [4.69, 9.17) is 0 Å². The van der Waals surface area contributed by atoms with E-state index in [9.17, 15) is 0 Å². The molecule has 0 bridgehead atoms. The molecule has 1 heterocycles. The van der Waals surface area contributed by atoms with E-state index in [-0.39, 0.29) is 0 Å². The van der Waals surface area contributed by atoms with Gasteiger partial charge in [0.2, 0.25) is 0 Å². The number of aryl methyl sites for hydroxylation is 1. The summed E-state index contributed by atoms with van der Waals surface area (Å²) in [4.78, 5) is 5.41. The Balaban J connectivity index is 1.86. The number of nitrogens with one attached hydrogen (secondary N) is 1. The molecule has 2 rings (SSSR count). The molecule has 1 aliphatic carbocycles. The molecule has 1 aromatic rings. The number of rotatable bonds is 7. The van der Waals surface area contributed by atoms with Crippen LogP contribution in [0.4, 0.5) is 0 Å². The number of thiophene rings is 1. The zero-order valence-corrected chi connectivity index (χ0v) is 12.9. The Bertz CT molecular complexity index is 380. The number of hydrogen-bond acceptors (Lipinski definition) is 3. The Labute approximate surface area is 115 Å². The smallest absolute Gasteiger partial charge is 0.0302 e. The standard InChI is InChI=1S/C15H26N2S/c1-11(2)9-17(4)10-13-7-15(18-12(13)3)8-16-14-5-6-14/h7,11,14,16H,5-6,8-10H2,1-4H3. The molecule has 0 saturated heterocycles. The zero-order chi connectivity index (χ0) is 13.1. The third-order valence-electron chi connectivity index (χ3n) is 3.33. The normalized spacial score (nSPS) is 15.9. The van der Waals surface area contributed by atoms with Crippen molar-refractivity contribution < 1.29 is 0 Å². The lowest BCUT2D eigenvalue weighted by Crippen LogP contribution is -2.22. The molecule has 18 heavy (non-hydrogen) atoms. The molecule has 0 radical (unpaired) electrons. The van der Waals surface area contributed by atoms with Crippen molar-refractivity contribution >= 4 is 11.3 Å². The van der Waals surface area contributed by atoms with Gasteiger partial charge in [0.25, 0.3) is 0 Å². The fourth-order valence-electron chi connectivity index (χ4n) is 2.34. The van der Waals surface area contributed by atoms with Crippen molar-refractivity contribution in [3.8, 4) is 0 Å². The van der Waals surface area contributed by atoms with Gasteiger partial charge in [0.05, 0.1) is 0 Å². The first-order chi connectivity index (χ1) is 8.54. The van der Waals surface area contributed by atoms with E-state index < -0.39 is 0 Å². The highest BCUT2D eigenvalue weighted by atomic mass is 32.1. The predicted octanol–water partition coefficient (Wildman–Crippen LogP) is 3.40. The van der Waals surface area contributed by atoms with Crippen LogP contribution in [0.3, 0.4) is 0 Å². The Morgan fingerprint density at radius 3 is 2.78 bits per heavy atom. The lowest BCUT2D eigenvalue weighted by Gasteiger charge is -2.18. The van der Waals surface area contributed by atoms with Crippen LogP contribution in [-0.4, -0.2) is 24.5 Å². The molecule has 1 saturated carbocycles. The van der Waals surface area contributed by atoms with Gasteiger partial charge >= 0.3 is 0 Å². The van der Waals surface area contributed by atoms with Gasteiger partial charge in [-0.2, -0.15) is 0 Å². The van der Waals surface area contributed by atoms with Crippen molar-refractivity contribution in [2.45, 2.75) is 52.7 Å². The Morgan fingerprint density at radius 1 is 1.44 bits per heavy atom. The van der Waals surface area contributed by atoms with E-state index in [1.54, 1.807) is 0 Å². The van der Waals surface area contributed by atoms with Gasteiger partial charge in [-0.25, -0.2) is 0 Å². The molecular weight excluding hydrogens is 240 g/mol. The molecule has 0 spiro atoms. The lowest BCUT2D eigenvalue weighted by atomic mass is 10.2. The molecule has 0 atom stereocenters. The van der Waals surface area contributed by atoms with Crippen molar-refractivity contribution in [1.82, 2.24) is 10.2 Å². The summed E-state index contributed by atoms with van der Waals surface area (Å²) >= 11 is 1.96. The average molecular weight is 266 g/mol. The van der Waals surface area contributed by atoms with Crippen LogP contribution in [0.25, 0.3) is 0 Å². The number of hydrogen-bond donors (Lipinski definition) is 1. The van der Waals surface area contributed by atoms with Crippen molar-refractivity contribution in [2.75, 3.05) is 13.6 Å². The molecule has 1 fully saturated rings. The lowest BCUT2D eigenvalue weighted by molar-refractivity contribution is 0.288. The third kappa shape index (κ3) is 4.38. The molecule has 1 aliphatic rings. The summed E-state index contributed by atoms with van der Waals surface area (Å²) in [6.07, 6.45) is 2.74. The largest absolute Gasteiger partial charge is 0.309 e. The summed E-state index contributed by atoms with van der Waals surface area (Å²) in [6, 6.07) is 3.20. The second-order valence-electron chi connectivity index (χ2n) is 6.04. The van der Waals surface area contributed by atoms with Crippen molar-refractivity contribution in [1.29, 1.82) is 0 Å². The molecule has 102 valence electrons. The van der Waals surface area contributed by atoms with Gasteiger partial charge in [0.15, 0.2) is 0 Å². The van der Waals surface area contributed by atoms with E-state index in [1.165, 1.54) is 34.7 Å². The van der Waals surface area contributed by atoms with Crippen LogP contribution in [-0.2, 0) is 13.1 Å². The summed E-state index contributed by atoms with van der Waals surface area (Å²) in [5.74, 6) is 0.741. The topological polar surface area (TPSA) is 15.3 Å². The van der Waals surface area contributed by atoms with Crippen molar-refractivity contribution in [3.05, 3.63) is 21.4 Å². The quantitative estimate of drug-likeness (QED) is 0.814. The van der Waals surface area contributed by atoms with E-state index in [0.29, 0.717) is 0 Å². The first-order valence-corrected chi connectivity index (χ1v) is 7.86. The first-order valence-electron chi connectivity index (χ1n) is 7.04. The van der Waals surface area contributed by atoms with Gasteiger partial charge in [0.1, 0.15) is 0 Å². The summed E-state index contributed by atoms with van der Waals surface area (Å²) in [7, 11) is 2.22. The van der Waals surface area contributed by atoms with Crippen molar-refractivity contribution in [2.24, 2.45) is 5.92 Å². The monoisotopic (exact) mass is 266 g/mol. The Hall–Kier alpha value is -0.380. The first kappa shape index (κ1) is 14.0. The average Bonchev–Trinajstić information content (AvgIpc) is 3.02. The van der Waals surface area contributed by atoms with Gasteiger partial charge in [-0.1, -0.05) is 13.8 Å². The van der Waals surface area contributed by atoms with Crippen LogP contribution in [0.1, 0.15) is 42.0 Å². The van der Waals surface area contributed by atoms with Crippen LogP contribution in [0.5, 0.6) is 0 Å². The highest BCUT2D eigenvalue weighted by Gasteiger charge is 2.20. The van der Waals surface area contributed by atoms with E-state index in [1.807, 2.05) is 11.3 Å². The maximum atomic E-state index is 3.60. The Kier molecular flexibility index (Phi) is 4.82. The van der Waals surface area contributed by atoms with Crippen LogP contribution >= 0.6 is 11.3 Å². The molecule has 0 unspecified atom stereocenters. The maximum Gasteiger partial charge on any atom is 0.0302 e. The highest BCUT2D eigenvalue weighted by molar-refractivity contribution is 7.12. The minimum Gasteiger partial charge on any atom is -0.309 e. The maximum absolute atomic E-state index is 3.60. The predicted molar refractivity (Wildman–Crippen MR) is 80.1 cm³/mol. The molecule has 0 aliphatic heterocycles. The molecule has 3 heteroatoms. The minimum absolute atomic E-state index is 0.741. The van der Waals surface area contributed by atoms with Crippen molar-refractivity contribution in [3.63, 3.8) is 0 Å². The molecular formula is C15H26N2S. The van der Waals surface area contributed by atoms with E-state index >= 15 is 0 Å². The second-order valence-corrected chi connectivity index (χ2v) is 7.38. The van der Waals surface area contributed by atoms with Gasteiger partial charge < -0.3 is 10.2 Å². The Morgan fingerprint density at radius 2 is 2.17 bits per heavy atom. The SMILES string of the molecule is Cc1sc(CNC2CC2)cc1CN(C)CC(C)C. The molecule has 1 N–H and O–H groups in total. The fraction of sp³-hybridized carbons (Fsp3) is 0.733. The molecule has 1 aromatic heterocycles. The van der Waals surface area contributed by atoms with Gasteiger partial charge in [-0.05, 0) is 44.4 Å². The van der Waals surface area contributed by atoms with Gasteiger partial charge in [-0.15, -0.1) is 11.3 Å². The van der Waals surface area contributed by atoms with Crippen LogP contribution in [0, 0.1) is 12.8 Å². The van der Waals surface area contributed by atoms with Gasteiger partial charge in [0, 0.05) is 35.4 Å². The third-order valence-corrected chi connectivity index (χ3v) is 4.42. The second kappa shape index (κ2) is 6.18. The van der Waals surface area contributed by atoms with Crippen LogP contribution in [0.15, 0.2) is 6.07 Å². The number of nitrogens with zero attached hydrogens (tertiary/aromatic N) is 1. The minimum atomic E-state index is 0.741. The van der Waals surface area contributed by atoms with Gasteiger partial charge in [-0.3, -0.25) is 0 Å². The molecule has 2 nitrogen and oxygen atoms in total. The van der Waals surface area contributed by atoms with Crippen LogP contribution < -0.4 is 5.32 Å². The van der Waals surface area contributed by atoms with E-state index in [2.05, 4.69) is 44.1 Å². The molecule has 0 aromatic carbocycles. The summed E-state index contributed by atoms with van der Waals surface area (Å²) in [5, 5.41) is 3.60. The highest BCUT2D eigenvalue weighted by Crippen LogP contribution is 2.25. The van der Waals surface area contributed by atoms with E-state index in [0.717, 1.165) is 25.0 Å². The zero-order valence-electron chi connectivity index (χ0n) is 12.1. The molecule has 0 amide bonds. The fourth-order valence-corrected chi connectivity index (χ4v) is 3.35. The summed E-state index contributed by atoms with van der Waals surface area (Å²) in [6.45, 7) is 10.1.